The first-order valence-electron chi connectivity index (χ1n) is 7.56. The summed E-state index contributed by atoms with van der Waals surface area (Å²) in [5.41, 5.74) is 1.44. The van der Waals surface area contributed by atoms with Gasteiger partial charge >= 0.3 is 0 Å². The van der Waals surface area contributed by atoms with Gasteiger partial charge in [0.25, 0.3) is 5.91 Å². The van der Waals surface area contributed by atoms with Gasteiger partial charge in [-0.3, -0.25) is 9.89 Å². The number of nitrogens with zero attached hydrogens (tertiary/aromatic N) is 1. The Kier molecular flexibility index (Phi) is 4.83. The molecule has 2 aromatic carbocycles. The number of methoxy groups -OCH3 is 2. The van der Waals surface area contributed by atoms with E-state index in [4.69, 9.17) is 9.47 Å². The number of anilines is 1. The average Bonchev–Trinajstić information content (AvgIpc) is 3.14. The summed E-state index contributed by atoms with van der Waals surface area (Å²) in [6.45, 7) is 0. The molecular weight excluding hydrogens is 344 g/mol. The van der Waals surface area contributed by atoms with Crippen LogP contribution in [0.1, 0.15) is 10.5 Å². The Bertz CT molecular complexity index is 957. The lowest BCUT2D eigenvalue weighted by atomic mass is 10.1. The zero-order chi connectivity index (χ0) is 18.7. The number of hydrogen-bond acceptors (Lipinski definition) is 4. The molecule has 1 aromatic heterocycles. The first-order chi connectivity index (χ1) is 12.5. The number of ether oxygens (including phenoxy) is 2. The second-order valence-electron chi connectivity index (χ2n) is 5.32. The molecule has 0 spiro atoms. The van der Waals surface area contributed by atoms with E-state index in [-0.39, 0.29) is 11.4 Å². The lowest BCUT2D eigenvalue weighted by Gasteiger charge is -2.08. The van der Waals surface area contributed by atoms with Gasteiger partial charge in [0, 0.05) is 23.4 Å². The molecule has 3 rings (SSSR count). The summed E-state index contributed by atoms with van der Waals surface area (Å²) < 4.78 is 36.6. The van der Waals surface area contributed by atoms with Gasteiger partial charge in [0.05, 0.1) is 19.9 Å². The molecule has 0 bridgehead atoms. The normalized spacial score (nSPS) is 10.5. The number of halogens is 2. The molecule has 0 fully saturated rings. The summed E-state index contributed by atoms with van der Waals surface area (Å²) in [5, 5.41) is 9.19. The average molecular weight is 359 g/mol. The number of carbonyl (C=O) groups excluding carboxylic acids is 1. The van der Waals surface area contributed by atoms with Gasteiger partial charge in [-0.25, -0.2) is 8.78 Å². The van der Waals surface area contributed by atoms with Crippen LogP contribution in [0.15, 0.2) is 42.5 Å². The number of hydrogen-bond donors (Lipinski definition) is 2. The predicted molar refractivity (Wildman–Crippen MR) is 91.4 cm³/mol. The van der Waals surface area contributed by atoms with Crippen LogP contribution >= 0.6 is 0 Å². The van der Waals surface area contributed by atoms with Crippen LogP contribution in [0.25, 0.3) is 11.3 Å². The van der Waals surface area contributed by atoms with E-state index in [0.29, 0.717) is 22.8 Å². The van der Waals surface area contributed by atoms with Crippen LogP contribution in [0.4, 0.5) is 14.5 Å². The van der Waals surface area contributed by atoms with E-state index in [0.717, 1.165) is 12.1 Å². The molecular formula is C18H15F2N3O3. The third-order valence-electron chi connectivity index (χ3n) is 3.68. The van der Waals surface area contributed by atoms with Crippen molar-refractivity contribution in [3.05, 3.63) is 59.8 Å². The third-order valence-corrected chi connectivity index (χ3v) is 3.68. The molecule has 0 saturated heterocycles. The molecule has 0 saturated carbocycles. The zero-order valence-electron chi connectivity index (χ0n) is 14.0. The highest BCUT2D eigenvalue weighted by Crippen LogP contribution is 2.32. The van der Waals surface area contributed by atoms with Crippen LogP contribution in [-0.4, -0.2) is 30.3 Å². The number of H-pyrrole nitrogens is 1. The zero-order valence-corrected chi connectivity index (χ0v) is 14.0. The van der Waals surface area contributed by atoms with Crippen LogP contribution in [0, 0.1) is 11.6 Å². The SMILES string of the molecule is COc1ccc(-c2cc(C(=O)Nc3ccc(F)c(F)c3)[nH]n2)c(OC)c1. The number of aromatic nitrogens is 2. The molecule has 0 aliphatic carbocycles. The van der Waals surface area contributed by atoms with Gasteiger partial charge in [-0.15, -0.1) is 0 Å². The highest BCUT2D eigenvalue weighted by Gasteiger charge is 2.15. The first kappa shape index (κ1) is 17.4. The third kappa shape index (κ3) is 3.49. The number of aromatic amines is 1. The van der Waals surface area contributed by atoms with Crippen LogP contribution in [0.3, 0.4) is 0 Å². The van der Waals surface area contributed by atoms with Crippen molar-refractivity contribution in [3.63, 3.8) is 0 Å². The van der Waals surface area contributed by atoms with Crippen molar-refractivity contribution in [2.24, 2.45) is 0 Å². The minimum Gasteiger partial charge on any atom is -0.497 e. The molecule has 0 radical (unpaired) electrons. The van der Waals surface area contributed by atoms with Crippen molar-refractivity contribution < 1.29 is 23.0 Å². The summed E-state index contributed by atoms with van der Waals surface area (Å²) in [4.78, 5) is 12.3. The van der Waals surface area contributed by atoms with Crippen LogP contribution < -0.4 is 14.8 Å². The summed E-state index contributed by atoms with van der Waals surface area (Å²) in [6, 6.07) is 9.83. The van der Waals surface area contributed by atoms with Crippen molar-refractivity contribution in [1.29, 1.82) is 0 Å². The Labute approximate surface area is 147 Å². The van der Waals surface area contributed by atoms with Crippen molar-refractivity contribution in [2.45, 2.75) is 0 Å². The highest BCUT2D eigenvalue weighted by molar-refractivity contribution is 6.03. The van der Waals surface area contributed by atoms with E-state index < -0.39 is 17.5 Å². The lowest BCUT2D eigenvalue weighted by molar-refractivity contribution is 0.102. The van der Waals surface area contributed by atoms with Gasteiger partial charge in [0.1, 0.15) is 17.2 Å². The highest BCUT2D eigenvalue weighted by atomic mass is 19.2. The molecule has 0 aliphatic heterocycles. The largest absolute Gasteiger partial charge is 0.497 e. The standard InChI is InChI=1S/C18H15F2N3O3/c1-25-11-4-5-12(17(8-11)26-2)15-9-16(23-22-15)18(24)21-10-3-6-13(19)14(20)7-10/h3-9H,1-2H3,(H,21,24)(H,22,23). The quantitative estimate of drug-likeness (QED) is 0.729. The fourth-order valence-electron chi connectivity index (χ4n) is 2.36. The Morgan fingerprint density at radius 3 is 2.54 bits per heavy atom. The molecule has 0 atom stereocenters. The van der Waals surface area contributed by atoms with Crippen molar-refractivity contribution in [3.8, 4) is 22.8 Å². The van der Waals surface area contributed by atoms with Gasteiger partial charge in [-0.1, -0.05) is 0 Å². The summed E-state index contributed by atoms with van der Waals surface area (Å²) in [7, 11) is 3.06. The maximum Gasteiger partial charge on any atom is 0.273 e. The molecule has 1 amide bonds. The predicted octanol–water partition coefficient (Wildman–Crippen LogP) is 3.62. The van der Waals surface area contributed by atoms with E-state index in [2.05, 4.69) is 15.5 Å². The van der Waals surface area contributed by atoms with Gasteiger partial charge < -0.3 is 14.8 Å². The number of amides is 1. The van der Waals surface area contributed by atoms with Crippen molar-refractivity contribution >= 4 is 11.6 Å². The molecule has 1 heterocycles. The first-order valence-corrected chi connectivity index (χ1v) is 7.56. The van der Waals surface area contributed by atoms with Gasteiger partial charge in [-0.2, -0.15) is 5.10 Å². The molecule has 26 heavy (non-hydrogen) atoms. The molecule has 134 valence electrons. The van der Waals surface area contributed by atoms with Crippen LogP contribution in [0.5, 0.6) is 11.5 Å². The van der Waals surface area contributed by atoms with Gasteiger partial charge in [0.2, 0.25) is 0 Å². The number of rotatable bonds is 5. The summed E-state index contributed by atoms with van der Waals surface area (Å²) in [5.74, 6) is -1.42. The minimum absolute atomic E-state index is 0.132. The minimum atomic E-state index is -1.05. The Morgan fingerprint density at radius 1 is 1.04 bits per heavy atom. The monoisotopic (exact) mass is 359 g/mol. The molecule has 8 heteroatoms. The van der Waals surface area contributed by atoms with Crippen LogP contribution in [-0.2, 0) is 0 Å². The lowest BCUT2D eigenvalue weighted by Crippen LogP contribution is -2.12. The Hall–Kier alpha value is -3.42. The van der Waals surface area contributed by atoms with Crippen LogP contribution in [0.2, 0.25) is 0 Å². The number of nitrogens with one attached hydrogen (secondary N) is 2. The molecule has 6 nitrogen and oxygen atoms in total. The summed E-state index contributed by atoms with van der Waals surface area (Å²) in [6.07, 6.45) is 0. The number of carbonyl (C=O) groups is 1. The van der Waals surface area contributed by atoms with Gasteiger partial charge in [-0.05, 0) is 30.3 Å². The van der Waals surface area contributed by atoms with Crippen molar-refractivity contribution in [2.75, 3.05) is 19.5 Å². The van der Waals surface area contributed by atoms with E-state index in [9.17, 15) is 13.6 Å². The fraction of sp³-hybridized carbons (Fsp3) is 0.111. The van der Waals surface area contributed by atoms with E-state index >= 15 is 0 Å². The Morgan fingerprint density at radius 2 is 1.85 bits per heavy atom. The second-order valence-corrected chi connectivity index (χ2v) is 5.32. The maximum absolute atomic E-state index is 13.2. The molecule has 0 unspecified atom stereocenters. The van der Waals surface area contributed by atoms with Gasteiger partial charge in [0.15, 0.2) is 11.6 Å². The molecule has 2 N–H and O–H groups in total. The second kappa shape index (κ2) is 7.22. The van der Waals surface area contributed by atoms with E-state index in [1.807, 2.05) is 0 Å². The maximum atomic E-state index is 13.2. The Balaban J connectivity index is 1.83. The smallest absolute Gasteiger partial charge is 0.273 e. The number of benzene rings is 2. The summed E-state index contributed by atoms with van der Waals surface area (Å²) >= 11 is 0. The molecule has 3 aromatic rings. The van der Waals surface area contributed by atoms with E-state index in [1.165, 1.54) is 19.2 Å². The topological polar surface area (TPSA) is 76.2 Å². The fourth-order valence-corrected chi connectivity index (χ4v) is 2.36. The van der Waals surface area contributed by atoms with E-state index in [1.54, 1.807) is 25.3 Å². The molecule has 0 aliphatic rings. The van der Waals surface area contributed by atoms with Crippen molar-refractivity contribution in [1.82, 2.24) is 10.2 Å².